The van der Waals surface area contributed by atoms with Crippen molar-refractivity contribution in [3.63, 3.8) is 0 Å². The van der Waals surface area contributed by atoms with E-state index in [2.05, 4.69) is 21.7 Å². The zero-order valence-corrected chi connectivity index (χ0v) is 10.3. The molecule has 1 N–H and O–H groups in total. The third-order valence-corrected chi connectivity index (χ3v) is 2.09. The summed E-state index contributed by atoms with van der Waals surface area (Å²) in [6.07, 6.45) is 2.92. The quantitative estimate of drug-likeness (QED) is 0.565. The lowest BCUT2D eigenvalue weighted by Crippen LogP contribution is -2.30. The van der Waals surface area contributed by atoms with Crippen molar-refractivity contribution in [1.82, 2.24) is 15.1 Å². The summed E-state index contributed by atoms with van der Waals surface area (Å²) >= 11 is 0. The van der Waals surface area contributed by atoms with Gasteiger partial charge in [0.05, 0.1) is 13.3 Å². The number of aryl methyl sites for hydroxylation is 1. The van der Waals surface area contributed by atoms with Crippen molar-refractivity contribution in [3.8, 4) is 5.88 Å². The van der Waals surface area contributed by atoms with Crippen molar-refractivity contribution in [2.24, 2.45) is 7.05 Å². The van der Waals surface area contributed by atoms with Crippen LogP contribution in [0, 0.1) is 0 Å². The van der Waals surface area contributed by atoms with E-state index in [4.69, 9.17) is 4.74 Å². The van der Waals surface area contributed by atoms with Gasteiger partial charge in [0.25, 0.3) is 5.91 Å². The van der Waals surface area contributed by atoms with Gasteiger partial charge in [-0.15, -0.1) is 0 Å². The Morgan fingerprint density at radius 1 is 1.61 bits per heavy atom. The predicted octanol–water partition coefficient (Wildman–Crippen LogP) is -0.112. The Hall–Kier alpha value is -2.31. The lowest BCUT2D eigenvalue weighted by Gasteiger charge is -2.07. The average molecular weight is 253 g/mol. The Morgan fingerprint density at radius 2 is 2.33 bits per heavy atom. The standard InChI is InChI=1S/C11H15N3O4/c1-4-5-18-11-8(6-13-14(11)2)10(16)12-7-9(15)17-3/h4,6H,1,5,7H2,2-3H3,(H,12,16). The molecule has 7 nitrogen and oxygen atoms in total. The average Bonchev–Trinajstić information content (AvgIpc) is 2.74. The van der Waals surface area contributed by atoms with E-state index >= 15 is 0 Å². The number of hydrogen-bond acceptors (Lipinski definition) is 5. The van der Waals surface area contributed by atoms with Crippen molar-refractivity contribution >= 4 is 11.9 Å². The van der Waals surface area contributed by atoms with Crippen LogP contribution in [0.3, 0.4) is 0 Å². The number of nitrogens with one attached hydrogen (secondary N) is 1. The number of esters is 1. The Morgan fingerprint density at radius 3 is 2.94 bits per heavy atom. The third kappa shape index (κ3) is 3.34. The molecule has 0 spiro atoms. The molecule has 7 heteroatoms. The van der Waals surface area contributed by atoms with E-state index in [1.807, 2.05) is 0 Å². The highest BCUT2D eigenvalue weighted by Crippen LogP contribution is 2.16. The molecule has 1 heterocycles. The maximum absolute atomic E-state index is 11.8. The van der Waals surface area contributed by atoms with E-state index in [0.717, 1.165) is 0 Å². The van der Waals surface area contributed by atoms with E-state index in [0.29, 0.717) is 5.88 Å². The number of rotatable bonds is 6. The highest BCUT2D eigenvalue weighted by Gasteiger charge is 2.17. The second-order valence-electron chi connectivity index (χ2n) is 3.35. The minimum Gasteiger partial charge on any atom is -0.473 e. The van der Waals surface area contributed by atoms with E-state index < -0.39 is 11.9 Å². The first-order chi connectivity index (χ1) is 8.60. The first kappa shape index (κ1) is 13.8. The van der Waals surface area contributed by atoms with Gasteiger partial charge in [-0.25, -0.2) is 4.68 Å². The summed E-state index contributed by atoms with van der Waals surface area (Å²) in [4.78, 5) is 22.7. The minimum atomic E-state index is -0.527. The zero-order valence-electron chi connectivity index (χ0n) is 10.3. The first-order valence-electron chi connectivity index (χ1n) is 5.20. The SMILES string of the molecule is C=CCOc1c(C(=O)NCC(=O)OC)cnn1C. The summed E-state index contributed by atoms with van der Waals surface area (Å²) in [7, 11) is 2.90. The van der Waals surface area contributed by atoms with Crippen LogP contribution in [0.1, 0.15) is 10.4 Å². The lowest BCUT2D eigenvalue weighted by molar-refractivity contribution is -0.139. The Balaban J connectivity index is 2.72. The normalized spacial score (nSPS) is 9.67. The molecule has 0 aliphatic carbocycles. The number of methoxy groups -OCH3 is 1. The van der Waals surface area contributed by atoms with Gasteiger partial charge in [-0.2, -0.15) is 5.10 Å². The maximum atomic E-state index is 11.8. The molecule has 0 saturated heterocycles. The highest BCUT2D eigenvalue weighted by molar-refractivity contribution is 5.97. The van der Waals surface area contributed by atoms with Gasteiger partial charge in [0.1, 0.15) is 18.7 Å². The highest BCUT2D eigenvalue weighted by atomic mass is 16.5. The maximum Gasteiger partial charge on any atom is 0.325 e. The van der Waals surface area contributed by atoms with Gasteiger partial charge in [0, 0.05) is 7.05 Å². The van der Waals surface area contributed by atoms with Crippen LogP contribution in [0.4, 0.5) is 0 Å². The molecule has 0 bridgehead atoms. The van der Waals surface area contributed by atoms with Crippen molar-refractivity contribution in [1.29, 1.82) is 0 Å². The molecule has 0 unspecified atom stereocenters. The molecule has 0 aliphatic heterocycles. The molecule has 0 atom stereocenters. The molecule has 0 aliphatic rings. The summed E-state index contributed by atoms with van der Waals surface area (Å²) in [5.41, 5.74) is 0.253. The smallest absolute Gasteiger partial charge is 0.325 e. The second-order valence-corrected chi connectivity index (χ2v) is 3.35. The molecule has 0 radical (unpaired) electrons. The predicted molar refractivity (Wildman–Crippen MR) is 63.2 cm³/mol. The summed E-state index contributed by atoms with van der Waals surface area (Å²) in [5.74, 6) is -0.661. The van der Waals surface area contributed by atoms with Crippen LogP contribution in [0.5, 0.6) is 5.88 Å². The summed E-state index contributed by atoms with van der Waals surface area (Å²) < 4.78 is 11.2. The molecule has 0 fully saturated rings. The number of carbonyl (C=O) groups is 2. The molecule has 0 aromatic carbocycles. The molecule has 1 aromatic heterocycles. The number of amides is 1. The zero-order chi connectivity index (χ0) is 13.5. The Labute approximate surface area is 104 Å². The monoisotopic (exact) mass is 253 g/mol. The molecular formula is C11H15N3O4. The third-order valence-electron chi connectivity index (χ3n) is 2.09. The van der Waals surface area contributed by atoms with Crippen molar-refractivity contribution in [2.75, 3.05) is 20.3 Å². The van der Waals surface area contributed by atoms with Gasteiger partial charge in [-0.3, -0.25) is 9.59 Å². The van der Waals surface area contributed by atoms with Crippen LogP contribution in [0.2, 0.25) is 0 Å². The van der Waals surface area contributed by atoms with Crippen molar-refractivity contribution < 1.29 is 19.1 Å². The molecular weight excluding hydrogens is 238 g/mol. The van der Waals surface area contributed by atoms with Crippen LogP contribution in [0.15, 0.2) is 18.9 Å². The van der Waals surface area contributed by atoms with Crippen molar-refractivity contribution in [3.05, 3.63) is 24.4 Å². The molecule has 0 saturated carbocycles. The Bertz CT molecular complexity index is 453. The molecule has 18 heavy (non-hydrogen) atoms. The number of carbonyl (C=O) groups excluding carboxylic acids is 2. The molecule has 1 amide bonds. The van der Waals surface area contributed by atoms with Crippen LogP contribution in [-0.4, -0.2) is 41.9 Å². The van der Waals surface area contributed by atoms with Crippen LogP contribution in [-0.2, 0) is 16.6 Å². The van der Waals surface area contributed by atoms with Crippen LogP contribution < -0.4 is 10.1 Å². The topological polar surface area (TPSA) is 82.4 Å². The first-order valence-corrected chi connectivity index (χ1v) is 5.20. The van der Waals surface area contributed by atoms with E-state index in [1.54, 1.807) is 13.1 Å². The number of ether oxygens (including phenoxy) is 2. The fourth-order valence-corrected chi connectivity index (χ4v) is 1.21. The minimum absolute atomic E-state index is 0.203. The van der Waals surface area contributed by atoms with Crippen LogP contribution >= 0.6 is 0 Å². The van der Waals surface area contributed by atoms with Gasteiger partial charge in [0.15, 0.2) is 0 Å². The number of nitrogens with zero attached hydrogens (tertiary/aromatic N) is 2. The second kappa shape index (κ2) is 6.43. The Kier molecular flexibility index (Phi) is 4.91. The van der Waals surface area contributed by atoms with E-state index in [9.17, 15) is 9.59 Å². The van der Waals surface area contributed by atoms with Gasteiger partial charge in [-0.05, 0) is 0 Å². The van der Waals surface area contributed by atoms with Gasteiger partial charge in [-0.1, -0.05) is 12.7 Å². The largest absolute Gasteiger partial charge is 0.473 e. The van der Waals surface area contributed by atoms with Gasteiger partial charge >= 0.3 is 5.97 Å². The molecule has 98 valence electrons. The number of hydrogen-bond donors (Lipinski definition) is 1. The van der Waals surface area contributed by atoms with Crippen molar-refractivity contribution in [2.45, 2.75) is 0 Å². The van der Waals surface area contributed by atoms with E-state index in [-0.39, 0.29) is 18.7 Å². The lowest BCUT2D eigenvalue weighted by atomic mass is 10.3. The van der Waals surface area contributed by atoms with E-state index in [1.165, 1.54) is 18.0 Å². The fourth-order valence-electron chi connectivity index (χ4n) is 1.21. The summed E-state index contributed by atoms with van der Waals surface area (Å²) in [5, 5.41) is 6.33. The molecule has 1 rings (SSSR count). The number of aromatic nitrogens is 2. The fraction of sp³-hybridized carbons (Fsp3) is 0.364. The summed E-state index contributed by atoms with van der Waals surface area (Å²) in [6.45, 7) is 3.58. The van der Waals surface area contributed by atoms with Gasteiger partial charge < -0.3 is 14.8 Å². The summed E-state index contributed by atoms with van der Waals surface area (Å²) in [6, 6.07) is 0. The molecule has 1 aromatic rings. The van der Waals surface area contributed by atoms with Gasteiger partial charge in [0.2, 0.25) is 5.88 Å². The van der Waals surface area contributed by atoms with Crippen LogP contribution in [0.25, 0.3) is 0 Å².